The van der Waals surface area contributed by atoms with Gasteiger partial charge in [0, 0.05) is 32.5 Å². The van der Waals surface area contributed by atoms with Crippen LogP contribution in [0.25, 0.3) is 9.75 Å². The van der Waals surface area contributed by atoms with Crippen LogP contribution in [0.15, 0.2) is 121 Å². The van der Waals surface area contributed by atoms with E-state index in [1.54, 1.807) is 51.1 Å². The van der Waals surface area contributed by atoms with E-state index in [4.69, 9.17) is 18.9 Å². The number of nitrogens with zero attached hydrogens (tertiary/aromatic N) is 2. The molecule has 44 heavy (non-hydrogen) atoms. The van der Waals surface area contributed by atoms with Gasteiger partial charge in [-0.15, -0.1) is 22.7 Å². The summed E-state index contributed by atoms with van der Waals surface area (Å²) in [5, 5.41) is 2.21. The largest absolute Gasteiger partial charge is 0.497 e. The summed E-state index contributed by atoms with van der Waals surface area (Å²) < 4.78 is 21.7. The molecule has 0 amide bonds. The van der Waals surface area contributed by atoms with Gasteiger partial charge in [-0.2, -0.15) is 0 Å². The Hall–Kier alpha value is -4.92. The molecule has 0 saturated carbocycles. The first-order chi connectivity index (χ1) is 21.6. The maximum Gasteiger partial charge on any atom is 0.119 e. The zero-order valence-electron chi connectivity index (χ0n) is 24.9. The third-order valence-electron chi connectivity index (χ3n) is 7.19. The molecule has 0 aliphatic carbocycles. The number of ether oxygens (including phenoxy) is 4. The molecule has 0 bridgehead atoms. The average Bonchev–Trinajstić information content (AvgIpc) is 3.77. The monoisotopic (exact) mass is 620 g/mol. The minimum Gasteiger partial charge on any atom is -0.497 e. The van der Waals surface area contributed by atoms with Crippen LogP contribution >= 0.6 is 22.7 Å². The average molecular weight is 621 g/mol. The third-order valence-corrected chi connectivity index (χ3v) is 9.53. The molecule has 222 valence electrons. The molecule has 0 aliphatic rings. The van der Waals surface area contributed by atoms with E-state index in [1.807, 2.05) is 48.5 Å². The van der Waals surface area contributed by atoms with Gasteiger partial charge in [0.15, 0.2) is 0 Å². The van der Waals surface area contributed by atoms with Crippen molar-refractivity contribution in [3.8, 4) is 32.8 Å². The predicted molar refractivity (Wildman–Crippen MR) is 183 cm³/mol. The molecule has 8 heteroatoms. The molecular formula is C36H32N2O4S2. The molecule has 0 radical (unpaired) electrons. The van der Waals surface area contributed by atoms with Crippen LogP contribution in [-0.2, 0) is 0 Å². The van der Waals surface area contributed by atoms with Gasteiger partial charge in [0.25, 0.3) is 0 Å². The van der Waals surface area contributed by atoms with Crippen LogP contribution in [0.5, 0.6) is 23.0 Å². The number of thiophene rings is 2. The van der Waals surface area contributed by atoms with Crippen LogP contribution < -0.4 is 28.7 Å². The fraction of sp³-hybridized carbons (Fsp3) is 0.111. The lowest BCUT2D eigenvalue weighted by Crippen LogP contribution is -2.08. The van der Waals surface area contributed by atoms with E-state index in [0.717, 1.165) is 55.7 Å². The van der Waals surface area contributed by atoms with Gasteiger partial charge in [-0.3, -0.25) is 0 Å². The summed E-state index contributed by atoms with van der Waals surface area (Å²) in [5.41, 5.74) is 4.17. The van der Waals surface area contributed by atoms with Gasteiger partial charge in [0.2, 0.25) is 0 Å². The summed E-state index contributed by atoms with van der Waals surface area (Å²) in [6.07, 6.45) is 0. The third kappa shape index (κ3) is 6.08. The smallest absolute Gasteiger partial charge is 0.119 e. The first-order valence-electron chi connectivity index (χ1n) is 14.0. The molecule has 0 saturated heterocycles. The molecule has 0 atom stereocenters. The highest BCUT2D eigenvalue weighted by Gasteiger charge is 2.19. The summed E-state index contributed by atoms with van der Waals surface area (Å²) >= 11 is 3.50. The Kier molecular flexibility index (Phi) is 8.72. The number of hydrogen-bond acceptors (Lipinski definition) is 8. The number of rotatable bonds is 11. The lowest BCUT2D eigenvalue weighted by atomic mass is 10.2. The summed E-state index contributed by atoms with van der Waals surface area (Å²) in [6, 6.07) is 41.2. The molecular weight excluding hydrogens is 589 g/mol. The van der Waals surface area contributed by atoms with E-state index in [0.29, 0.717) is 0 Å². The molecule has 2 aromatic heterocycles. The Morgan fingerprint density at radius 2 is 0.591 bits per heavy atom. The maximum atomic E-state index is 5.41. The zero-order chi connectivity index (χ0) is 30.5. The fourth-order valence-corrected chi connectivity index (χ4v) is 7.08. The highest BCUT2D eigenvalue weighted by Crippen LogP contribution is 2.47. The Balaban J connectivity index is 1.36. The van der Waals surface area contributed by atoms with Crippen molar-refractivity contribution in [3.63, 3.8) is 0 Å². The van der Waals surface area contributed by atoms with Gasteiger partial charge < -0.3 is 28.7 Å². The zero-order valence-corrected chi connectivity index (χ0v) is 26.5. The first-order valence-corrected chi connectivity index (χ1v) is 15.6. The summed E-state index contributed by atoms with van der Waals surface area (Å²) in [4.78, 5) is 6.88. The topological polar surface area (TPSA) is 43.4 Å². The Labute approximate surface area is 265 Å². The van der Waals surface area contributed by atoms with Gasteiger partial charge >= 0.3 is 0 Å². The minimum absolute atomic E-state index is 0.819. The van der Waals surface area contributed by atoms with Crippen molar-refractivity contribution in [2.24, 2.45) is 0 Å². The minimum atomic E-state index is 0.819. The summed E-state index contributed by atoms with van der Waals surface area (Å²) in [7, 11) is 6.73. The maximum absolute atomic E-state index is 5.41. The molecule has 0 spiro atoms. The standard InChI is InChI=1S/C36H32N2O4S2/c1-39-29-13-5-25(6-14-29)37(26-7-15-30(40-2)16-8-26)35-23-21-33(43-35)34-22-24-36(44-34)38(27-9-17-31(41-3)18-10-27)28-11-19-32(42-4)20-12-28/h5-24H,1-4H3. The van der Waals surface area contributed by atoms with Crippen LogP contribution in [0.3, 0.4) is 0 Å². The number of benzene rings is 4. The summed E-state index contributed by atoms with van der Waals surface area (Å²) in [6.45, 7) is 0. The van der Waals surface area contributed by atoms with E-state index < -0.39 is 0 Å². The quantitative estimate of drug-likeness (QED) is 0.144. The fourth-order valence-electron chi connectivity index (χ4n) is 4.89. The second kappa shape index (κ2) is 13.2. The molecule has 0 N–H and O–H groups in total. The Bertz CT molecular complexity index is 1570. The first kappa shape index (κ1) is 29.2. The molecule has 0 aliphatic heterocycles. The van der Waals surface area contributed by atoms with E-state index in [9.17, 15) is 0 Å². The van der Waals surface area contributed by atoms with E-state index >= 15 is 0 Å². The second-order valence-corrected chi connectivity index (χ2v) is 11.9. The number of methoxy groups -OCH3 is 4. The lowest BCUT2D eigenvalue weighted by molar-refractivity contribution is 0.414. The molecule has 0 fully saturated rings. The molecule has 4 aromatic carbocycles. The molecule has 6 rings (SSSR count). The van der Waals surface area contributed by atoms with Crippen LogP contribution in [0.4, 0.5) is 32.8 Å². The van der Waals surface area contributed by atoms with E-state index in [1.165, 1.54) is 9.75 Å². The van der Waals surface area contributed by atoms with E-state index in [2.05, 4.69) is 82.6 Å². The van der Waals surface area contributed by atoms with Crippen molar-refractivity contribution in [3.05, 3.63) is 121 Å². The van der Waals surface area contributed by atoms with Crippen molar-refractivity contribution in [1.82, 2.24) is 0 Å². The molecule has 0 unspecified atom stereocenters. The molecule has 6 aromatic rings. The highest BCUT2D eigenvalue weighted by molar-refractivity contribution is 7.26. The second-order valence-electron chi connectivity index (χ2n) is 9.74. The SMILES string of the molecule is COc1ccc(N(c2ccc(OC)cc2)c2ccc(-c3ccc(N(c4ccc(OC)cc4)c4ccc(OC)cc4)s3)s2)cc1. The van der Waals surface area contributed by atoms with Crippen LogP contribution in [0.2, 0.25) is 0 Å². The van der Waals surface area contributed by atoms with Crippen molar-refractivity contribution >= 4 is 55.4 Å². The molecule has 6 nitrogen and oxygen atoms in total. The number of hydrogen-bond donors (Lipinski definition) is 0. The highest BCUT2D eigenvalue weighted by atomic mass is 32.1. The Morgan fingerprint density at radius 1 is 0.341 bits per heavy atom. The van der Waals surface area contributed by atoms with Crippen molar-refractivity contribution < 1.29 is 18.9 Å². The van der Waals surface area contributed by atoms with Crippen molar-refractivity contribution in [2.75, 3.05) is 38.2 Å². The predicted octanol–water partition coefficient (Wildman–Crippen LogP) is 10.5. The van der Waals surface area contributed by atoms with Gasteiger partial charge in [-0.05, 0) is 121 Å². The normalized spacial score (nSPS) is 10.7. The van der Waals surface area contributed by atoms with Crippen molar-refractivity contribution in [1.29, 1.82) is 0 Å². The van der Waals surface area contributed by atoms with Crippen LogP contribution in [0, 0.1) is 0 Å². The van der Waals surface area contributed by atoms with Gasteiger partial charge in [-0.1, -0.05) is 0 Å². The van der Waals surface area contributed by atoms with Crippen molar-refractivity contribution in [2.45, 2.75) is 0 Å². The van der Waals surface area contributed by atoms with Crippen LogP contribution in [-0.4, -0.2) is 28.4 Å². The van der Waals surface area contributed by atoms with Gasteiger partial charge in [-0.25, -0.2) is 0 Å². The molecule has 2 heterocycles. The van der Waals surface area contributed by atoms with Crippen LogP contribution in [0.1, 0.15) is 0 Å². The summed E-state index contributed by atoms with van der Waals surface area (Å²) in [5.74, 6) is 3.28. The van der Waals surface area contributed by atoms with Gasteiger partial charge in [0.1, 0.15) is 33.0 Å². The van der Waals surface area contributed by atoms with E-state index in [-0.39, 0.29) is 0 Å². The Morgan fingerprint density at radius 3 is 0.818 bits per heavy atom. The van der Waals surface area contributed by atoms with Gasteiger partial charge in [0.05, 0.1) is 28.4 Å². The number of anilines is 6. The lowest BCUT2D eigenvalue weighted by Gasteiger charge is -2.24.